The molecule has 1 unspecified atom stereocenters. The van der Waals surface area contributed by atoms with Crippen molar-refractivity contribution in [1.29, 1.82) is 0 Å². The second-order valence-electron chi connectivity index (χ2n) is 2.93. The van der Waals surface area contributed by atoms with Gasteiger partial charge in [0.1, 0.15) is 5.75 Å². The summed E-state index contributed by atoms with van der Waals surface area (Å²) in [6.07, 6.45) is 0. The maximum absolute atomic E-state index is 10.7. The lowest BCUT2D eigenvalue weighted by molar-refractivity contribution is -0.307. The second-order valence-corrected chi connectivity index (χ2v) is 3.78. The standard InChI is InChI=1S/C10H11BrO3/c1-6(10(12)13)8-5-7(14-2)3-4-9(8)11/h3-6H,1-2H3,(H,12,13)/p-1. The van der Waals surface area contributed by atoms with E-state index in [2.05, 4.69) is 15.9 Å². The monoisotopic (exact) mass is 257 g/mol. The first kappa shape index (κ1) is 11.0. The molecule has 0 saturated heterocycles. The van der Waals surface area contributed by atoms with E-state index in [-0.39, 0.29) is 0 Å². The van der Waals surface area contributed by atoms with Crippen molar-refractivity contribution >= 4 is 21.9 Å². The molecule has 0 aliphatic heterocycles. The Balaban J connectivity index is 3.11. The van der Waals surface area contributed by atoms with Crippen LogP contribution in [0, 0.1) is 0 Å². The molecule has 3 nitrogen and oxygen atoms in total. The van der Waals surface area contributed by atoms with Crippen LogP contribution in [0.15, 0.2) is 22.7 Å². The quantitative estimate of drug-likeness (QED) is 0.821. The lowest BCUT2D eigenvalue weighted by atomic mass is 10.0. The van der Waals surface area contributed by atoms with Crippen molar-refractivity contribution in [1.82, 2.24) is 0 Å². The Bertz CT molecular complexity index is 349. The fraction of sp³-hybridized carbons (Fsp3) is 0.300. The zero-order valence-corrected chi connectivity index (χ0v) is 9.50. The van der Waals surface area contributed by atoms with E-state index in [0.717, 1.165) is 4.47 Å². The molecule has 1 atom stereocenters. The van der Waals surface area contributed by atoms with E-state index in [1.54, 1.807) is 25.1 Å². The number of ether oxygens (including phenoxy) is 1. The van der Waals surface area contributed by atoms with Crippen molar-refractivity contribution in [3.8, 4) is 5.75 Å². The molecule has 1 aromatic rings. The number of aliphatic carboxylic acids is 1. The molecule has 14 heavy (non-hydrogen) atoms. The predicted octanol–water partition coefficient (Wildman–Crippen LogP) is 1.31. The molecule has 0 heterocycles. The molecule has 1 aromatic carbocycles. The van der Waals surface area contributed by atoms with Gasteiger partial charge in [-0.15, -0.1) is 0 Å². The highest BCUT2D eigenvalue weighted by atomic mass is 79.9. The largest absolute Gasteiger partial charge is 0.550 e. The van der Waals surface area contributed by atoms with Gasteiger partial charge in [0, 0.05) is 16.4 Å². The number of carbonyl (C=O) groups is 1. The van der Waals surface area contributed by atoms with Crippen LogP contribution in [0.3, 0.4) is 0 Å². The number of methoxy groups -OCH3 is 1. The molecule has 0 saturated carbocycles. The van der Waals surface area contributed by atoms with Crippen LogP contribution in [0.4, 0.5) is 0 Å². The highest BCUT2D eigenvalue weighted by molar-refractivity contribution is 9.10. The van der Waals surface area contributed by atoms with Crippen LogP contribution in [0.25, 0.3) is 0 Å². The molecule has 0 N–H and O–H groups in total. The third-order valence-corrected chi connectivity index (χ3v) is 2.75. The van der Waals surface area contributed by atoms with Gasteiger partial charge >= 0.3 is 0 Å². The molecule has 1 rings (SSSR count). The molecular formula is C10H10BrO3-. The summed E-state index contributed by atoms with van der Waals surface area (Å²) < 4.78 is 5.75. The Morgan fingerprint density at radius 2 is 2.21 bits per heavy atom. The van der Waals surface area contributed by atoms with E-state index in [1.807, 2.05) is 0 Å². The zero-order chi connectivity index (χ0) is 10.7. The molecule has 0 aromatic heterocycles. The van der Waals surface area contributed by atoms with Crippen LogP contribution >= 0.6 is 15.9 Å². The highest BCUT2D eigenvalue weighted by Crippen LogP contribution is 2.28. The van der Waals surface area contributed by atoms with Gasteiger partial charge in [-0.25, -0.2) is 0 Å². The van der Waals surface area contributed by atoms with Gasteiger partial charge < -0.3 is 14.6 Å². The van der Waals surface area contributed by atoms with E-state index < -0.39 is 11.9 Å². The van der Waals surface area contributed by atoms with Gasteiger partial charge in [-0.3, -0.25) is 0 Å². The lowest BCUT2D eigenvalue weighted by Crippen LogP contribution is -2.28. The fourth-order valence-corrected chi connectivity index (χ4v) is 1.70. The number of benzene rings is 1. The first-order valence-corrected chi connectivity index (χ1v) is 4.90. The Hall–Kier alpha value is -1.03. The number of halogens is 1. The van der Waals surface area contributed by atoms with Crippen molar-refractivity contribution < 1.29 is 14.6 Å². The van der Waals surface area contributed by atoms with Crippen molar-refractivity contribution in [2.45, 2.75) is 12.8 Å². The summed E-state index contributed by atoms with van der Waals surface area (Å²) in [5.74, 6) is -1.12. The van der Waals surface area contributed by atoms with Gasteiger partial charge in [-0.1, -0.05) is 22.9 Å². The van der Waals surface area contributed by atoms with Crippen LogP contribution in [0.5, 0.6) is 5.75 Å². The second kappa shape index (κ2) is 4.46. The van der Waals surface area contributed by atoms with Gasteiger partial charge in [-0.05, 0) is 23.8 Å². The number of carboxylic acid groups (broad SMARTS) is 1. The minimum Gasteiger partial charge on any atom is -0.550 e. The molecule has 0 spiro atoms. The van der Waals surface area contributed by atoms with Crippen LogP contribution in [0.2, 0.25) is 0 Å². The predicted molar refractivity (Wildman–Crippen MR) is 54.1 cm³/mol. The van der Waals surface area contributed by atoms with Gasteiger partial charge in [0.15, 0.2) is 0 Å². The van der Waals surface area contributed by atoms with E-state index in [4.69, 9.17) is 4.74 Å². The Morgan fingerprint density at radius 3 is 2.71 bits per heavy atom. The summed E-state index contributed by atoms with van der Waals surface area (Å²) in [7, 11) is 1.54. The Morgan fingerprint density at radius 1 is 1.57 bits per heavy atom. The highest BCUT2D eigenvalue weighted by Gasteiger charge is 2.11. The van der Waals surface area contributed by atoms with Crippen LogP contribution < -0.4 is 9.84 Å². The van der Waals surface area contributed by atoms with Crippen LogP contribution in [0.1, 0.15) is 18.4 Å². The Labute approximate surface area is 90.8 Å². The zero-order valence-electron chi connectivity index (χ0n) is 7.91. The topological polar surface area (TPSA) is 49.4 Å². The molecule has 0 aliphatic rings. The van der Waals surface area contributed by atoms with Gasteiger partial charge in [-0.2, -0.15) is 0 Å². The third-order valence-electron chi connectivity index (χ3n) is 2.02. The molecule has 0 amide bonds. The minimum atomic E-state index is -1.10. The summed E-state index contributed by atoms with van der Waals surface area (Å²) >= 11 is 3.28. The fourth-order valence-electron chi connectivity index (χ4n) is 1.11. The summed E-state index contributed by atoms with van der Waals surface area (Å²) in [5.41, 5.74) is 0.657. The SMILES string of the molecule is COc1ccc(Br)c(C(C)C(=O)[O-])c1. The number of carboxylic acids is 1. The molecule has 0 radical (unpaired) electrons. The average molecular weight is 258 g/mol. The molecule has 0 aliphatic carbocycles. The first-order valence-electron chi connectivity index (χ1n) is 4.10. The minimum absolute atomic E-state index is 0.635. The average Bonchev–Trinajstić information content (AvgIpc) is 2.17. The third kappa shape index (κ3) is 2.26. The molecule has 0 fully saturated rings. The van der Waals surface area contributed by atoms with Gasteiger partial charge in [0.05, 0.1) is 7.11 Å². The molecule has 76 valence electrons. The first-order chi connectivity index (χ1) is 6.56. The van der Waals surface area contributed by atoms with Crippen molar-refractivity contribution in [3.63, 3.8) is 0 Å². The number of hydrogen-bond donors (Lipinski definition) is 0. The van der Waals surface area contributed by atoms with Crippen molar-refractivity contribution in [3.05, 3.63) is 28.2 Å². The van der Waals surface area contributed by atoms with Crippen LogP contribution in [-0.4, -0.2) is 13.1 Å². The van der Waals surface area contributed by atoms with Crippen molar-refractivity contribution in [2.75, 3.05) is 7.11 Å². The summed E-state index contributed by atoms with van der Waals surface area (Å²) in [5, 5.41) is 10.7. The molecule has 0 bridgehead atoms. The number of hydrogen-bond acceptors (Lipinski definition) is 3. The summed E-state index contributed by atoms with van der Waals surface area (Å²) in [6, 6.07) is 5.20. The maximum Gasteiger partial charge on any atom is 0.119 e. The summed E-state index contributed by atoms with van der Waals surface area (Å²) in [6.45, 7) is 1.58. The van der Waals surface area contributed by atoms with Crippen LogP contribution in [-0.2, 0) is 4.79 Å². The van der Waals surface area contributed by atoms with Crippen molar-refractivity contribution in [2.24, 2.45) is 0 Å². The van der Waals surface area contributed by atoms with E-state index in [0.29, 0.717) is 11.3 Å². The van der Waals surface area contributed by atoms with E-state index in [1.165, 1.54) is 7.11 Å². The molecular weight excluding hydrogens is 248 g/mol. The van der Waals surface area contributed by atoms with Gasteiger partial charge in [0.2, 0.25) is 0 Å². The Kier molecular flexibility index (Phi) is 3.52. The maximum atomic E-state index is 10.7. The smallest absolute Gasteiger partial charge is 0.119 e. The number of carbonyl (C=O) groups excluding carboxylic acids is 1. The number of rotatable bonds is 3. The summed E-state index contributed by atoms with van der Waals surface area (Å²) in [4.78, 5) is 10.7. The lowest BCUT2D eigenvalue weighted by Gasteiger charge is -2.15. The normalized spacial score (nSPS) is 12.2. The van der Waals surface area contributed by atoms with E-state index >= 15 is 0 Å². The van der Waals surface area contributed by atoms with E-state index in [9.17, 15) is 9.90 Å². The van der Waals surface area contributed by atoms with Gasteiger partial charge in [0.25, 0.3) is 0 Å². The molecule has 4 heteroatoms.